The topological polar surface area (TPSA) is 116 Å². The van der Waals surface area contributed by atoms with Gasteiger partial charge in [-0.15, -0.1) is 0 Å². The second kappa shape index (κ2) is 6.81. The van der Waals surface area contributed by atoms with Crippen LogP contribution in [0.3, 0.4) is 0 Å². The van der Waals surface area contributed by atoms with Crippen LogP contribution in [-0.2, 0) is 10.0 Å². The van der Waals surface area contributed by atoms with Crippen LogP contribution in [0.25, 0.3) is 0 Å². The number of hydrogen-bond donors (Lipinski definition) is 1. The van der Waals surface area contributed by atoms with E-state index in [-0.39, 0.29) is 23.1 Å². The number of sulfonamides is 1. The number of piperidine rings is 1. The van der Waals surface area contributed by atoms with Gasteiger partial charge in [0.15, 0.2) is 4.90 Å². The van der Waals surface area contributed by atoms with E-state index in [1.807, 2.05) is 6.92 Å². The zero-order valence-electron chi connectivity index (χ0n) is 13.1. The summed E-state index contributed by atoms with van der Waals surface area (Å²) in [4.78, 5) is 10.2. The standard InChI is InChI=1S/C14H21N3O5S/c1-10-5-6-16(9-11(10)8-15)23(20,21)14-4-3-12(22-2)7-13(14)17(18)19/h3-4,7,10-11H,5-6,8-9,15H2,1-2H3. The SMILES string of the molecule is COc1ccc(S(=O)(=O)N2CCC(C)C(CN)C2)c([N+](=O)[O-])c1. The van der Waals surface area contributed by atoms with Crippen molar-refractivity contribution >= 4 is 15.7 Å². The number of nitrogens with zero attached hydrogens (tertiary/aromatic N) is 2. The van der Waals surface area contributed by atoms with E-state index >= 15 is 0 Å². The summed E-state index contributed by atoms with van der Waals surface area (Å²) in [6, 6.07) is 3.76. The van der Waals surface area contributed by atoms with Crippen molar-refractivity contribution in [3.63, 3.8) is 0 Å². The quantitative estimate of drug-likeness (QED) is 0.634. The summed E-state index contributed by atoms with van der Waals surface area (Å²) >= 11 is 0. The molecule has 2 unspecified atom stereocenters. The molecule has 2 N–H and O–H groups in total. The van der Waals surface area contributed by atoms with Crippen LogP contribution in [0, 0.1) is 22.0 Å². The van der Waals surface area contributed by atoms with Crippen molar-refractivity contribution in [3.8, 4) is 5.75 Å². The summed E-state index contributed by atoms with van der Waals surface area (Å²) in [5.74, 6) is 0.621. The lowest BCUT2D eigenvalue weighted by atomic mass is 9.88. The van der Waals surface area contributed by atoms with Crippen LogP contribution < -0.4 is 10.5 Å². The van der Waals surface area contributed by atoms with E-state index in [0.29, 0.717) is 25.4 Å². The largest absolute Gasteiger partial charge is 0.497 e. The van der Waals surface area contributed by atoms with Crippen LogP contribution >= 0.6 is 0 Å². The summed E-state index contributed by atoms with van der Waals surface area (Å²) in [7, 11) is -2.58. The molecule has 23 heavy (non-hydrogen) atoms. The number of hydrogen-bond acceptors (Lipinski definition) is 6. The lowest BCUT2D eigenvalue weighted by Gasteiger charge is -2.35. The first-order valence-electron chi connectivity index (χ1n) is 7.34. The van der Waals surface area contributed by atoms with Crippen LogP contribution in [-0.4, -0.2) is 44.4 Å². The Morgan fingerprint density at radius 2 is 2.17 bits per heavy atom. The van der Waals surface area contributed by atoms with Crippen LogP contribution in [0.15, 0.2) is 23.1 Å². The molecule has 1 aliphatic heterocycles. The highest BCUT2D eigenvalue weighted by molar-refractivity contribution is 7.89. The van der Waals surface area contributed by atoms with Crippen molar-refractivity contribution in [2.24, 2.45) is 17.6 Å². The van der Waals surface area contributed by atoms with Gasteiger partial charge in [-0.3, -0.25) is 10.1 Å². The van der Waals surface area contributed by atoms with Gasteiger partial charge in [-0.2, -0.15) is 4.31 Å². The fourth-order valence-electron chi connectivity index (χ4n) is 2.77. The van der Waals surface area contributed by atoms with Gasteiger partial charge in [0.25, 0.3) is 5.69 Å². The maximum atomic E-state index is 12.8. The Kier molecular flexibility index (Phi) is 5.23. The van der Waals surface area contributed by atoms with E-state index < -0.39 is 20.6 Å². The van der Waals surface area contributed by atoms with Gasteiger partial charge in [0.05, 0.1) is 18.1 Å². The minimum Gasteiger partial charge on any atom is -0.497 e. The number of nitrogens with two attached hydrogens (primary N) is 1. The molecule has 0 radical (unpaired) electrons. The van der Waals surface area contributed by atoms with Crippen molar-refractivity contribution < 1.29 is 18.1 Å². The molecule has 8 nitrogen and oxygen atoms in total. The van der Waals surface area contributed by atoms with Gasteiger partial charge in [0.2, 0.25) is 10.0 Å². The molecule has 2 rings (SSSR count). The summed E-state index contributed by atoms with van der Waals surface area (Å²) in [5, 5.41) is 11.2. The molecule has 0 spiro atoms. The van der Waals surface area contributed by atoms with Gasteiger partial charge < -0.3 is 10.5 Å². The van der Waals surface area contributed by atoms with Crippen LogP contribution in [0.4, 0.5) is 5.69 Å². The second-order valence-electron chi connectivity index (χ2n) is 5.72. The predicted octanol–water partition coefficient (Wildman–Crippen LogP) is 1.21. The van der Waals surface area contributed by atoms with Crippen LogP contribution in [0.2, 0.25) is 0 Å². The third-order valence-electron chi connectivity index (χ3n) is 4.36. The molecule has 128 valence electrons. The molecule has 0 aliphatic carbocycles. The van der Waals surface area contributed by atoms with Crippen molar-refractivity contribution in [3.05, 3.63) is 28.3 Å². The van der Waals surface area contributed by atoms with E-state index in [9.17, 15) is 18.5 Å². The summed E-state index contributed by atoms with van der Waals surface area (Å²) < 4.78 is 31.9. The zero-order chi connectivity index (χ0) is 17.2. The zero-order valence-corrected chi connectivity index (χ0v) is 14.0. The van der Waals surface area contributed by atoms with Crippen LogP contribution in [0.5, 0.6) is 5.75 Å². The minimum absolute atomic E-state index is 0.0517. The molecule has 2 atom stereocenters. The fraction of sp³-hybridized carbons (Fsp3) is 0.571. The second-order valence-corrected chi connectivity index (χ2v) is 7.62. The molecule has 1 fully saturated rings. The third-order valence-corrected chi connectivity index (χ3v) is 6.27. The normalized spacial score (nSPS) is 22.7. The maximum absolute atomic E-state index is 12.8. The number of benzene rings is 1. The first kappa shape index (κ1) is 17.6. The summed E-state index contributed by atoms with van der Waals surface area (Å²) in [6.45, 7) is 3.04. The molecular formula is C14H21N3O5S. The lowest BCUT2D eigenvalue weighted by molar-refractivity contribution is -0.387. The molecular weight excluding hydrogens is 322 g/mol. The van der Waals surface area contributed by atoms with Crippen molar-refractivity contribution in [2.75, 3.05) is 26.7 Å². The van der Waals surface area contributed by atoms with Gasteiger partial charge in [-0.25, -0.2) is 8.42 Å². The van der Waals surface area contributed by atoms with Crippen LogP contribution in [0.1, 0.15) is 13.3 Å². The van der Waals surface area contributed by atoms with E-state index in [1.165, 1.54) is 23.5 Å². The minimum atomic E-state index is -3.95. The smallest absolute Gasteiger partial charge is 0.293 e. The lowest BCUT2D eigenvalue weighted by Crippen LogP contribution is -2.45. The molecule has 0 amide bonds. The highest BCUT2D eigenvalue weighted by Crippen LogP contribution is 2.33. The Bertz CT molecular complexity index is 692. The van der Waals surface area contributed by atoms with Crippen molar-refractivity contribution in [2.45, 2.75) is 18.2 Å². The number of rotatable bonds is 5. The van der Waals surface area contributed by atoms with E-state index in [1.54, 1.807) is 0 Å². The van der Waals surface area contributed by atoms with Gasteiger partial charge >= 0.3 is 0 Å². The highest BCUT2D eigenvalue weighted by atomic mass is 32.2. The van der Waals surface area contributed by atoms with E-state index in [2.05, 4.69) is 0 Å². The van der Waals surface area contributed by atoms with Crippen molar-refractivity contribution in [1.82, 2.24) is 4.31 Å². The molecule has 1 heterocycles. The third kappa shape index (κ3) is 3.46. The molecule has 1 aromatic rings. The van der Waals surface area contributed by atoms with Crippen molar-refractivity contribution in [1.29, 1.82) is 0 Å². The molecule has 1 aromatic carbocycles. The fourth-order valence-corrected chi connectivity index (χ4v) is 4.41. The number of methoxy groups -OCH3 is 1. The Balaban J connectivity index is 2.42. The first-order valence-corrected chi connectivity index (χ1v) is 8.78. The molecule has 9 heteroatoms. The maximum Gasteiger partial charge on any atom is 0.293 e. The van der Waals surface area contributed by atoms with E-state index in [4.69, 9.17) is 10.5 Å². The average Bonchev–Trinajstić information content (AvgIpc) is 2.54. The Morgan fingerprint density at radius 3 is 2.74 bits per heavy atom. The summed E-state index contributed by atoms with van der Waals surface area (Å²) in [6.07, 6.45) is 0.686. The number of nitro groups is 1. The van der Waals surface area contributed by atoms with Gasteiger partial charge in [0, 0.05) is 13.1 Å². The Morgan fingerprint density at radius 1 is 1.48 bits per heavy atom. The molecule has 1 aliphatic rings. The monoisotopic (exact) mass is 343 g/mol. The molecule has 0 bridgehead atoms. The van der Waals surface area contributed by atoms with Gasteiger partial charge in [-0.1, -0.05) is 6.92 Å². The van der Waals surface area contributed by atoms with E-state index in [0.717, 1.165) is 6.07 Å². The molecule has 1 saturated heterocycles. The predicted molar refractivity (Wildman–Crippen MR) is 84.7 cm³/mol. The average molecular weight is 343 g/mol. The molecule has 0 saturated carbocycles. The number of ether oxygens (including phenoxy) is 1. The van der Waals surface area contributed by atoms with Gasteiger partial charge in [-0.05, 0) is 36.9 Å². The highest BCUT2D eigenvalue weighted by Gasteiger charge is 2.36. The van der Waals surface area contributed by atoms with Gasteiger partial charge in [0.1, 0.15) is 5.75 Å². The Labute approximate surface area is 135 Å². The molecule has 0 aromatic heterocycles. The first-order chi connectivity index (χ1) is 10.8. The Hall–Kier alpha value is -1.71. The summed E-state index contributed by atoms with van der Waals surface area (Å²) in [5.41, 5.74) is 5.23. The number of nitro benzene ring substituents is 1.